The maximum atomic E-state index is 10.6. The zero-order valence-corrected chi connectivity index (χ0v) is 7.78. The molecule has 0 atom stereocenters. The zero-order chi connectivity index (χ0) is 9.40. The smallest absolute Gasteiger partial charge is 0.288 e. The lowest BCUT2D eigenvalue weighted by molar-refractivity contribution is -0.117. The van der Waals surface area contributed by atoms with Crippen LogP contribution in [0.2, 0.25) is 0 Å². The second-order valence-electron chi connectivity index (χ2n) is 2.21. The van der Waals surface area contributed by atoms with Gasteiger partial charge in [0.1, 0.15) is 5.88 Å². The summed E-state index contributed by atoms with van der Waals surface area (Å²) in [7, 11) is 0. The van der Waals surface area contributed by atoms with Crippen LogP contribution in [0.1, 0.15) is 19.8 Å². The zero-order valence-electron chi connectivity index (χ0n) is 7.02. The van der Waals surface area contributed by atoms with Crippen molar-refractivity contribution in [2.75, 3.05) is 12.5 Å². The molecular formula is C7H13ClN2O2. The van der Waals surface area contributed by atoms with E-state index in [1.807, 2.05) is 6.92 Å². The molecule has 0 radical (unpaired) electrons. The van der Waals surface area contributed by atoms with Gasteiger partial charge < -0.3 is 4.74 Å². The van der Waals surface area contributed by atoms with Crippen LogP contribution in [-0.2, 0) is 9.53 Å². The summed E-state index contributed by atoms with van der Waals surface area (Å²) in [6.07, 6.45) is 1.87. The van der Waals surface area contributed by atoms with Crippen LogP contribution < -0.4 is 5.32 Å². The number of hydrogen-bond acceptors (Lipinski definition) is 3. The normalized spacial score (nSPS) is 9.17. The number of carbonyl (C=O) groups excluding carboxylic acids is 1. The number of nitrogens with one attached hydrogen (secondary N) is 2. The first kappa shape index (κ1) is 11.2. The molecule has 4 nitrogen and oxygen atoms in total. The third-order valence-corrected chi connectivity index (χ3v) is 1.36. The van der Waals surface area contributed by atoms with Crippen molar-refractivity contribution < 1.29 is 9.53 Å². The molecule has 0 unspecified atom stereocenters. The third kappa shape index (κ3) is 5.97. The minimum Gasteiger partial charge on any atom is -0.465 e. The van der Waals surface area contributed by atoms with Crippen LogP contribution >= 0.6 is 11.6 Å². The number of carbonyl (C=O) groups is 1. The molecule has 0 spiro atoms. The van der Waals surface area contributed by atoms with E-state index in [0.29, 0.717) is 6.61 Å². The number of halogens is 1. The molecule has 0 rings (SSSR count). The maximum Gasteiger partial charge on any atom is 0.288 e. The van der Waals surface area contributed by atoms with Crippen LogP contribution in [0.4, 0.5) is 0 Å². The van der Waals surface area contributed by atoms with Gasteiger partial charge in [0.25, 0.3) is 6.02 Å². The lowest BCUT2D eigenvalue weighted by Gasteiger charge is -2.05. The van der Waals surface area contributed by atoms with Crippen molar-refractivity contribution in [2.45, 2.75) is 19.8 Å². The van der Waals surface area contributed by atoms with E-state index >= 15 is 0 Å². The minimum absolute atomic E-state index is 0.153. The summed E-state index contributed by atoms with van der Waals surface area (Å²) in [4.78, 5) is 10.6. The van der Waals surface area contributed by atoms with E-state index in [1.54, 1.807) is 0 Å². The molecule has 0 aliphatic carbocycles. The minimum atomic E-state index is -0.418. The number of ether oxygens (including phenoxy) is 1. The third-order valence-electron chi connectivity index (χ3n) is 1.12. The van der Waals surface area contributed by atoms with Gasteiger partial charge in [0, 0.05) is 0 Å². The van der Waals surface area contributed by atoms with E-state index < -0.39 is 5.91 Å². The molecular weight excluding hydrogens is 180 g/mol. The van der Waals surface area contributed by atoms with Crippen molar-refractivity contribution in [1.29, 1.82) is 5.41 Å². The van der Waals surface area contributed by atoms with E-state index in [9.17, 15) is 4.79 Å². The van der Waals surface area contributed by atoms with Gasteiger partial charge in [-0.05, 0) is 6.42 Å². The largest absolute Gasteiger partial charge is 0.465 e. The Morgan fingerprint density at radius 1 is 1.67 bits per heavy atom. The van der Waals surface area contributed by atoms with Gasteiger partial charge in [-0.25, -0.2) is 0 Å². The predicted octanol–water partition coefficient (Wildman–Crippen LogP) is 1.09. The summed E-state index contributed by atoms with van der Waals surface area (Å²) in [5, 5.41) is 9.27. The molecule has 12 heavy (non-hydrogen) atoms. The average Bonchev–Trinajstić information content (AvgIpc) is 2.05. The van der Waals surface area contributed by atoms with Gasteiger partial charge in [0.15, 0.2) is 0 Å². The Morgan fingerprint density at radius 3 is 2.83 bits per heavy atom. The molecule has 0 heterocycles. The molecule has 1 amide bonds. The molecule has 0 aromatic rings. The maximum absolute atomic E-state index is 10.6. The second kappa shape index (κ2) is 6.91. The Balaban J connectivity index is 3.40. The molecule has 0 aliphatic heterocycles. The molecule has 0 aromatic heterocycles. The van der Waals surface area contributed by atoms with E-state index in [2.05, 4.69) is 5.32 Å². The SMILES string of the molecule is CCCCOC(=N)NC(=O)CCl. The number of rotatable bonds is 4. The van der Waals surface area contributed by atoms with Gasteiger partial charge >= 0.3 is 0 Å². The lowest BCUT2D eigenvalue weighted by Crippen LogP contribution is -2.32. The summed E-state index contributed by atoms with van der Waals surface area (Å²) in [5.74, 6) is -0.572. The van der Waals surface area contributed by atoms with Crippen LogP contribution in [0.15, 0.2) is 0 Å². The monoisotopic (exact) mass is 192 g/mol. The molecule has 0 saturated carbocycles. The van der Waals surface area contributed by atoms with Crippen molar-refractivity contribution in [3.8, 4) is 0 Å². The summed E-state index contributed by atoms with van der Waals surface area (Å²) in [6.45, 7) is 2.47. The fourth-order valence-electron chi connectivity index (χ4n) is 0.515. The first-order valence-electron chi connectivity index (χ1n) is 3.77. The quantitative estimate of drug-likeness (QED) is 0.303. The molecule has 0 saturated heterocycles. The number of amides is 1. The number of amidine groups is 1. The van der Waals surface area contributed by atoms with E-state index in [0.717, 1.165) is 12.8 Å². The molecule has 5 heteroatoms. The first-order chi connectivity index (χ1) is 5.70. The van der Waals surface area contributed by atoms with E-state index in [4.69, 9.17) is 21.7 Å². The Kier molecular flexibility index (Phi) is 6.47. The highest BCUT2D eigenvalue weighted by Crippen LogP contribution is 1.87. The Bertz CT molecular complexity index is 161. The van der Waals surface area contributed by atoms with Crippen molar-refractivity contribution in [1.82, 2.24) is 5.32 Å². The topological polar surface area (TPSA) is 62.2 Å². The van der Waals surface area contributed by atoms with Gasteiger partial charge in [-0.2, -0.15) is 0 Å². The van der Waals surface area contributed by atoms with Crippen LogP contribution in [0.25, 0.3) is 0 Å². The highest BCUT2D eigenvalue weighted by Gasteiger charge is 2.02. The van der Waals surface area contributed by atoms with Crippen LogP contribution in [0.5, 0.6) is 0 Å². The molecule has 2 N–H and O–H groups in total. The number of unbranched alkanes of at least 4 members (excludes halogenated alkanes) is 1. The average molecular weight is 193 g/mol. The molecule has 0 fully saturated rings. The van der Waals surface area contributed by atoms with E-state index in [-0.39, 0.29) is 11.9 Å². The van der Waals surface area contributed by atoms with Crippen LogP contribution in [-0.4, -0.2) is 24.4 Å². The van der Waals surface area contributed by atoms with Crippen molar-refractivity contribution in [3.05, 3.63) is 0 Å². The molecule has 0 aromatic carbocycles. The fraction of sp³-hybridized carbons (Fsp3) is 0.714. The standard InChI is InChI=1S/C7H13ClN2O2/c1-2-3-4-12-7(9)10-6(11)5-8/h2-5H2,1H3,(H2,9,10,11). The van der Waals surface area contributed by atoms with Crippen molar-refractivity contribution >= 4 is 23.5 Å². The van der Waals surface area contributed by atoms with Gasteiger partial charge in [-0.3, -0.25) is 15.5 Å². The predicted molar refractivity (Wildman–Crippen MR) is 47.4 cm³/mol. The molecule has 70 valence electrons. The van der Waals surface area contributed by atoms with Crippen LogP contribution in [0.3, 0.4) is 0 Å². The van der Waals surface area contributed by atoms with E-state index in [1.165, 1.54) is 0 Å². The van der Waals surface area contributed by atoms with Crippen molar-refractivity contribution in [2.24, 2.45) is 0 Å². The summed E-state index contributed by atoms with van der Waals surface area (Å²) < 4.78 is 4.85. The summed E-state index contributed by atoms with van der Waals surface area (Å²) in [6, 6.07) is -0.228. The van der Waals surface area contributed by atoms with Gasteiger partial charge in [-0.15, -0.1) is 11.6 Å². The van der Waals surface area contributed by atoms with Gasteiger partial charge in [0.2, 0.25) is 5.91 Å². The number of alkyl halides is 1. The van der Waals surface area contributed by atoms with Gasteiger partial charge in [0.05, 0.1) is 6.61 Å². The Morgan fingerprint density at radius 2 is 2.33 bits per heavy atom. The number of hydrogen-bond donors (Lipinski definition) is 2. The summed E-state index contributed by atoms with van der Waals surface area (Å²) >= 11 is 5.19. The first-order valence-corrected chi connectivity index (χ1v) is 4.31. The van der Waals surface area contributed by atoms with Crippen LogP contribution in [0, 0.1) is 5.41 Å². The van der Waals surface area contributed by atoms with Crippen molar-refractivity contribution in [3.63, 3.8) is 0 Å². The summed E-state index contributed by atoms with van der Waals surface area (Å²) in [5.41, 5.74) is 0. The molecule has 0 bridgehead atoms. The molecule has 0 aliphatic rings. The van der Waals surface area contributed by atoms with Gasteiger partial charge in [-0.1, -0.05) is 13.3 Å². The second-order valence-corrected chi connectivity index (χ2v) is 2.48. The lowest BCUT2D eigenvalue weighted by atomic mass is 10.4. The Labute approximate surface area is 76.7 Å². The fourth-order valence-corrected chi connectivity index (χ4v) is 0.582. The Hall–Kier alpha value is -0.770. The highest BCUT2D eigenvalue weighted by atomic mass is 35.5. The highest BCUT2D eigenvalue weighted by molar-refractivity contribution is 6.28.